The topological polar surface area (TPSA) is 83.5 Å². The van der Waals surface area contributed by atoms with E-state index < -0.39 is 27.4 Å². The SMILES string of the molecule is CC[C@@](O)(C(=O)N[C@H](C)CS(=O)(=O)CC)c1cccc(Cl)c1. The molecule has 0 unspecified atom stereocenters. The Morgan fingerprint density at radius 2 is 2.05 bits per heavy atom. The number of hydrogen-bond donors (Lipinski definition) is 2. The number of rotatable bonds is 7. The zero-order valence-electron chi connectivity index (χ0n) is 13.0. The molecule has 1 rings (SSSR count). The van der Waals surface area contributed by atoms with Crippen LogP contribution in [0, 0.1) is 0 Å². The molecule has 1 aromatic carbocycles. The summed E-state index contributed by atoms with van der Waals surface area (Å²) in [5.41, 5.74) is -1.36. The Morgan fingerprint density at radius 1 is 1.41 bits per heavy atom. The third-order valence-electron chi connectivity index (χ3n) is 3.51. The van der Waals surface area contributed by atoms with Crippen molar-refractivity contribution in [3.63, 3.8) is 0 Å². The third kappa shape index (κ3) is 4.69. The lowest BCUT2D eigenvalue weighted by Gasteiger charge is -2.28. The zero-order valence-corrected chi connectivity index (χ0v) is 14.5. The second kappa shape index (κ2) is 7.44. The highest BCUT2D eigenvalue weighted by Gasteiger charge is 2.37. The van der Waals surface area contributed by atoms with E-state index in [9.17, 15) is 18.3 Å². The molecule has 0 spiro atoms. The van der Waals surface area contributed by atoms with E-state index in [4.69, 9.17) is 11.6 Å². The van der Waals surface area contributed by atoms with Crippen LogP contribution in [0.4, 0.5) is 0 Å². The van der Waals surface area contributed by atoms with Gasteiger partial charge in [-0.1, -0.05) is 37.6 Å². The average Bonchev–Trinajstić information content (AvgIpc) is 2.45. The summed E-state index contributed by atoms with van der Waals surface area (Å²) < 4.78 is 23.2. The van der Waals surface area contributed by atoms with Crippen molar-refractivity contribution >= 4 is 27.3 Å². The molecule has 0 fully saturated rings. The third-order valence-corrected chi connectivity index (χ3v) is 5.63. The van der Waals surface area contributed by atoms with Gasteiger partial charge in [0, 0.05) is 16.8 Å². The summed E-state index contributed by atoms with van der Waals surface area (Å²) in [6, 6.07) is 5.85. The van der Waals surface area contributed by atoms with E-state index >= 15 is 0 Å². The second-order valence-electron chi connectivity index (χ2n) is 5.30. The number of sulfone groups is 1. The van der Waals surface area contributed by atoms with Gasteiger partial charge < -0.3 is 10.4 Å². The highest BCUT2D eigenvalue weighted by atomic mass is 35.5. The number of carbonyl (C=O) groups is 1. The summed E-state index contributed by atoms with van der Waals surface area (Å²) in [6.07, 6.45) is 0.145. The molecule has 0 aromatic heterocycles. The molecule has 1 amide bonds. The molecule has 1 aromatic rings. The van der Waals surface area contributed by atoms with Gasteiger partial charge in [0.25, 0.3) is 5.91 Å². The maximum atomic E-state index is 12.4. The van der Waals surface area contributed by atoms with Gasteiger partial charge in [-0.2, -0.15) is 0 Å². The van der Waals surface area contributed by atoms with Gasteiger partial charge in [0.05, 0.1) is 5.75 Å². The summed E-state index contributed by atoms with van der Waals surface area (Å²) in [5, 5.41) is 13.7. The summed E-state index contributed by atoms with van der Waals surface area (Å²) in [6.45, 7) is 4.82. The summed E-state index contributed by atoms with van der Waals surface area (Å²) >= 11 is 5.90. The number of benzene rings is 1. The number of aliphatic hydroxyl groups is 1. The van der Waals surface area contributed by atoms with Gasteiger partial charge >= 0.3 is 0 Å². The van der Waals surface area contributed by atoms with E-state index in [0.717, 1.165) is 0 Å². The van der Waals surface area contributed by atoms with Gasteiger partial charge in [-0.05, 0) is 31.0 Å². The van der Waals surface area contributed by atoms with Crippen LogP contribution in [0.2, 0.25) is 5.02 Å². The summed E-state index contributed by atoms with van der Waals surface area (Å²) in [5.74, 6) is -0.777. The first-order valence-corrected chi connectivity index (χ1v) is 9.34. The monoisotopic (exact) mass is 347 g/mol. The number of amides is 1. The number of halogens is 1. The smallest absolute Gasteiger partial charge is 0.256 e. The van der Waals surface area contributed by atoms with Crippen molar-refractivity contribution in [2.45, 2.75) is 38.8 Å². The molecule has 0 aliphatic heterocycles. The fourth-order valence-corrected chi connectivity index (χ4v) is 3.40. The molecule has 0 heterocycles. The molecule has 0 bridgehead atoms. The molecule has 0 saturated heterocycles. The maximum Gasteiger partial charge on any atom is 0.256 e. The van der Waals surface area contributed by atoms with Crippen molar-refractivity contribution in [1.29, 1.82) is 0 Å². The molecule has 0 saturated carbocycles. The molecule has 0 radical (unpaired) electrons. The lowest BCUT2D eigenvalue weighted by molar-refractivity contribution is -0.141. The Labute approximate surface area is 136 Å². The van der Waals surface area contributed by atoms with E-state index in [1.165, 1.54) is 6.07 Å². The molecular weight excluding hydrogens is 326 g/mol. The fraction of sp³-hybridized carbons (Fsp3) is 0.533. The number of carbonyl (C=O) groups excluding carboxylic acids is 1. The van der Waals surface area contributed by atoms with Crippen LogP contribution in [0.1, 0.15) is 32.8 Å². The number of hydrogen-bond acceptors (Lipinski definition) is 4. The van der Waals surface area contributed by atoms with Crippen LogP contribution in [-0.2, 0) is 20.2 Å². The molecule has 2 atom stereocenters. The minimum absolute atomic E-state index is 0.0134. The van der Waals surface area contributed by atoms with Gasteiger partial charge in [-0.25, -0.2) is 8.42 Å². The van der Waals surface area contributed by atoms with E-state index in [-0.39, 0.29) is 17.9 Å². The number of nitrogens with one attached hydrogen (secondary N) is 1. The van der Waals surface area contributed by atoms with E-state index in [1.54, 1.807) is 39.0 Å². The summed E-state index contributed by atoms with van der Waals surface area (Å²) in [7, 11) is -3.21. The Bertz CT molecular complexity index is 632. The van der Waals surface area contributed by atoms with Crippen LogP contribution in [0.3, 0.4) is 0 Å². The fourth-order valence-electron chi connectivity index (χ4n) is 2.13. The molecule has 2 N–H and O–H groups in total. The summed E-state index contributed by atoms with van der Waals surface area (Å²) in [4.78, 5) is 12.4. The van der Waals surface area contributed by atoms with Crippen LogP contribution in [0.5, 0.6) is 0 Å². The minimum Gasteiger partial charge on any atom is -0.375 e. The van der Waals surface area contributed by atoms with Gasteiger partial charge in [-0.15, -0.1) is 0 Å². The van der Waals surface area contributed by atoms with Gasteiger partial charge in [0.15, 0.2) is 15.4 Å². The highest BCUT2D eigenvalue weighted by Crippen LogP contribution is 2.27. The maximum absolute atomic E-state index is 12.4. The molecule has 7 heteroatoms. The second-order valence-corrected chi connectivity index (χ2v) is 8.13. The van der Waals surface area contributed by atoms with Crippen molar-refractivity contribution in [1.82, 2.24) is 5.32 Å². The lowest BCUT2D eigenvalue weighted by atomic mass is 9.90. The van der Waals surface area contributed by atoms with Crippen molar-refractivity contribution in [2.75, 3.05) is 11.5 Å². The molecule has 22 heavy (non-hydrogen) atoms. The first-order valence-electron chi connectivity index (χ1n) is 7.14. The minimum atomic E-state index is -3.21. The van der Waals surface area contributed by atoms with Crippen LogP contribution in [0.15, 0.2) is 24.3 Å². The van der Waals surface area contributed by atoms with Crippen LogP contribution in [0.25, 0.3) is 0 Å². The largest absolute Gasteiger partial charge is 0.375 e. The van der Waals surface area contributed by atoms with E-state index in [2.05, 4.69) is 5.32 Å². The molecule has 0 aliphatic carbocycles. The van der Waals surface area contributed by atoms with Crippen molar-refractivity contribution in [2.24, 2.45) is 0 Å². The predicted octanol–water partition coefficient (Wildman–Crippen LogP) is 1.88. The van der Waals surface area contributed by atoms with Gasteiger partial charge in [0.2, 0.25) is 0 Å². The predicted molar refractivity (Wildman–Crippen MR) is 87.6 cm³/mol. The Kier molecular flexibility index (Phi) is 6.40. The zero-order chi connectivity index (χ0) is 17.0. The quantitative estimate of drug-likeness (QED) is 0.788. The first kappa shape index (κ1) is 18.9. The Morgan fingerprint density at radius 3 is 2.55 bits per heavy atom. The van der Waals surface area contributed by atoms with E-state index in [0.29, 0.717) is 10.6 Å². The Balaban J connectivity index is 2.93. The van der Waals surface area contributed by atoms with E-state index in [1.807, 2.05) is 0 Å². The van der Waals surface area contributed by atoms with Gasteiger partial charge in [-0.3, -0.25) is 4.79 Å². The first-order chi connectivity index (χ1) is 10.1. The van der Waals surface area contributed by atoms with Crippen molar-refractivity contribution < 1.29 is 18.3 Å². The Hall–Kier alpha value is -1.11. The van der Waals surface area contributed by atoms with Crippen LogP contribution >= 0.6 is 11.6 Å². The molecule has 5 nitrogen and oxygen atoms in total. The van der Waals surface area contributed by atoms with Crippen LogP contribution in [-0.4, -0.2) is 37.0 Å². The van der Waals surface area contributed by atoms with Crippen molar-refractivity contribution in [3.8, 4) is 0 Å². The lowest BCUT2D eigenvalue weighted by Crippen LogP contribution is -2.49. The highest BCUT2D eigenvalue weighted by molar-refractivity contribution is 7.91. The van der Waals surface area contributed by atoms with Gasteiger partial charge in [0.1, 0.15) is 0 Å². The average molecular weight is 348 g/mol. The van der Waals surface area contributed by atoms with Crippen molar-refractivity contribution in [3.05, 3.63) is 34.9 Å². The molecular formula is C15H22ClNO4S. The standard InChI is InChI=1S/C15H22ClNO4S/c1-4-15(19,12-7-6-8-13(16)9-12)14(18)17-11(3)10-22(20,21)5-2/h6-9,11,19H,4-5,10H2,1-3H3,(H,17,18)/t11-,15+/m1/s1. The molecule has 0 aliphatic rings. The molecule has 124 valence electrons. The van der Waals surface area contributed by atoms with Crippen LogP contribution < -0.4 is 5.32 Å². The normalized spacial score (nSPS) is 15.9.